The lowest BCUT2D eigenvalue weighted by molar-refractivity contribution is -0.362. The monoisotopic (exact) mass is 448 g/mol. The van der Waals surface area contributed by atoms with Gasteiger partial charge in [-0.05, 0) is 54.8 Å². The van der Waals surface area contributed by atoms with Crippen LogP contribution in [0.2, 0.25) is 0 Å². The van der Waals surface area contributed by atoms with Crippen LogP contribution in [0.25, 0.3) is 0 Å². The molecule has 7 atom stereocenters. The van der Waals surface area contributed by atoms with Crippen LogP contribution < -0.4 is 0 Å². The van der Waals surface area contributed by atoms with Crippen LogP contribution in [0.3, 0.4) is 0 Å². The van der Waals surface area contributed by atoms with E-state index in [1.54, 1.807) is 0 Å². The molecule has 4 bridgehead atoms. The van der Waals surface area contributed by atoms with Gasteiger partial charge in [-0.25, -0.2) is 0 Å². The molecule has 0 amide bonds. The molecule has 0 aliphatic heterocycles. The van der Waals surface area contributed by atoms with Crippen LogP contribution in [0.1, 0.15) is 19.3 Å². The summed E-state index contributed by atoms with van der Waals surface area (Å²) in [6.07, 6.45) is -6.96. The first-order chi connectivity index (χ1) is 13.1. The fourth-order valence-corrected chi connectivity index (χ4v) is 7.16. The summed E-state index contributed by atoms with van der Waals surface area (Å²) in [5.41, 5.74) is -5.32. The average Bonchev–Trinajstić information content (AvgIpc) is 3.28. The number of carbonyl (C=O) groups is 1. The Hall–Kier alpha value is -1.30. The van der Waals surface area contributed by atoms with Gasteiger partial charge in [-0.3, -0.25) is 9.35 Å². The fraction of sp³-hybridized carbons (Fsp3) is 0.824. The number of fused-ring (bicyclic) bond motifs is 9. The topological polar surface area (TPSA) is 80.7 Å². The standard InChI is InChI=1S/C17H18F6O5S/c18-16(19,20)15(17(21,22)23,6-29(25,26)27)28-14(24)11-5-9-4-10(11)13-8-2-1-7(3-8)12(9)13/h1-2,7-13H,3-6H2,(H,25,26,27)/t7?,8-,9?,10?,11?,12?,13?/m1/s1. The first-order valence-electron chi connectivity index (χ1n) is 9.14. The molecule has 3 fully saturated rings. The van der Waals surface area contributed by atoms with E-state index in [9.17, 15) is 39.6 Å². The molecule has 0 aromatic carbocycles. The molecule has 3 saturated carbocycles. The van der Waals surface area contributed by atoms with E-state index in [4.69, 9.17) is 4.55 Å². The van der Waals surface area contributed by atoms with Crippen molar-refractivity contribution < 1.29 is 48.8 Å². The van der Waals surface area contributed by atoms with Crippen LogP contribution in [0.5, 0.6) is 0 Å². The molecule has 6 unspecified atom stereocenters. The zero-order valence-electron chi connectivity index (χ0n) is 14.8. The van der Waals surface area contributed by atoms with Crippen LogP contribution in [-0.4, -0.2) is 42.6 Å². The van der Waals surface area contributed by atoms with E-state index in [2.05, 4.69) is 10.8 Å². The summed E-state index contributed by atoms with van der Waals surface area (Å²) in [6, 6.07) is 0. The fourth-order valence-electron chi connectivity index (χ4n) is 6.26. The van der Waals surface area contributed by atoms with Crippen molar-refractivity contribution in [3.63, 3.8) is 0 Å². The van der Waals surface area contributed by atoms with Crippen LogP contribution >= 0.6 is 0 Å². The maximum Gasteiger partial charge on any atom is 0.438 e. The van der Waals surface area contributed by atoms with Gasteiger partial charge in [0.2, 0.25) is 0 Å². The van der Waals surface area contributed by atoms with Crippen molar-refractivity contribution in [2.45, 2.75) is 37.2 Å². The van der Waals surface area contributed by atoms with Gasteiger partial charge >= 0.3 is 23.9 Å². The Kier molecular flexibility index (Phi) is 4.42. The molecule has 4 aliphatic carbocycles. The summed E-state index contributed by atoms with van der Waals surface area (Å²) in [5.74, 6) is -5.26. The van der Waals surface area contributed by atoms with E-state index < -0.39 is 45.7 Å². The van der Waals surface area contributed by atoms with Gasteiger partial charge in [0.1, 0.15) is 5.75 Å². The number of ether oxygens (including phenoxy) is 1. The minimum atomic E-state index is -6.29. The molecule has 0 heterocycles. The zero-order chi connectivity index (χ0) is 21.6. The quantitative estimate of drug-likeness (QED) is 0.235. The molecule has 1 N–H and O–H groups in total. The maximum atomic E-state index is 13.4. The predicted molar refractivity (Wildman–Crippen MR) is 84.8 cm³/mol. The van der Waals surface area contributed by atoms with Crippen LogP contribution in [0.4, 0.5) is 26.3 Å². The number of hydrogen-bond donors (Lipinski definition) is 1. The Morgan fingerprint density at radius 3 is 2.03 bits per heavy atom. The molecule has 0 spiro atoms. The summed E-state index contributed by atoms with van der Waals surface area (Å²) in [4.78, 5) is 12.5. The minimum absolute atomic E-state index is 0.0223. The summed E-state index contributed by atoms with van der Waals surface area (Å²) in [6.45, 7) is 0. The van der Waals surface area contributed by atoms with Crippen molar-refractivity contribution in [3.05, 3.63) is 12.2 Å². The lowest BCUT2D eigenvalue weighted by Gasteiger charge is -2.39. The van der Waals surface area contributed by atoms with Crippen LogP contribution in [0.15, 0.2) is 12.2 Å². The zero-order valence-corrected chi connectivity index (χ0v) is 15.6. The van der Waals surface area contributed by atoms with Gasteiger partial charge in [0.25, 0.3) is 10.1 Å². The predicted octanol–water partition coefficient (Wildman–Crippen LogP) is 3.38. The maximum absolute atomic E-state index is 13.4. The number of hydrogen-bond acceptors (Lipinski definition) is 4. The number of rotatable bonds is 4. The van der Waals surface area contributed by atoms with Gasteiger partial charge in [-0.15, -0.1) is 0 Å². The van der Waals surface area contributed by atoms with Gasteiger partial charge in [0, 0.05) is 0 Å². The van der Waals surface area contributed by atoms with Gasteiger partial charge < -0.3 is 4.74 Å². The lowest BCUT2D eigenvalue weighted by Crippen LogP contribution is -2.64. The third-order valence-electron chi connectivity index (χ3n) is 7.15. The Bertz CT molecular complexity index is 833. The molecule has 0 aromatic heterocycles. The molecule has 29 heavy (non-hydrogen) atoms. The summed E-state index contributed by atoms with van der Waals surface area (Å²) < 4.78 is 115. The van der Waals surface area contributed by atoms with Gasteiger partial charge in [-0.1, -0.05) is 12.2 Å². The molecule has 12 heteroatoms. The molecule has 164 valence electrons. The van der Waals surface area contributed by atoms with Crippen molar-refractivity contribution in [3.8, 4) is 0 Å². The first kappa shape index (κ1) is 21.0. The number of alkyl halides is 6. The van der Waals surface area contributed by atoms with Crippen molar-refractivity contribution in [2.75, 3.05) is 5.75 Å². The molecule has 4 aliphatic rings. The first-order valence-corrected chi connectivity index (χ1v) is 10.8. The third kappa shape index (κ3) is 3.08. The van der Waals surface area contributed by atoms with Crippen molar-refractivity contribution in [2.24, 2.45) is 41.4 Å². The molecule has 0 aromatic rings. The van der Waals surface area contributed by atoms with Crippen LogP contribution in [-0.2, 0) is 19.6 Å². The van der Waals surface area contributed by atoms with Crippen molar-refractivity contribution in [1.29, 1.82) is 0 Å². The summed E-state index contributed by atoms with van der Waals surface area (Å²) in [7, 11) is -5.78. The molecule has 5 nitrogen and oxygen atoms in total. The number of carbonyl (C=O) groups excluding carboxylic acids is 1. The Morgan fingerprint density at radius 2 is 1.52 bits per heavy atom. The highest BCUT2D eigenvalue weighted by molar-refractivity contribution is 7.85. The van der Waals surface area contributed by atoms with Crippen molar-refractivity contribution >= 4 is 16.1 Å². The number of allylic oxidation sites excluding steroid dienone is 2. The van der Waals surface area contributed by atoms with Gasteiger partial charge in [-0.2, -0.15) is 34.8 Å². The number of esters is 1. The highest BCUT2D eigenvalue weighted by Crippen LogP contribution is 2.67. The van der Waals surface area contributed by atoms with E-state index in [1.807, 2.05) is 6.08 Å². The van der Waals surface area contributed by atoms with E-state index in [0.29, 0.717) is 12.3 Å². The smallest absolute Gasteiger partial charge is 0.438 e. The average molecular weight is 448 g/mol. The highest BCUT2D eigenvalue weighted by Gasteiger charge is 2.76. The second-order valence-electron chi connectivity index (χ2n) is 8.57. The Morgan fingerprint density at radius 1 is 0.966 bits per heavy atom. The van der Waals surface area contributed by atoms with Crippen LogP contribution in [0, 0.1) is 41.4 Å². The van der Waals surface area contributed by atoms with E-state index in [1.165, 1.54) is 0 Å². The van der Waals surface area contributed by atoms with E-state index in [-0.39, 0.29) is 36.0 Å². The lowest BCUT2D eigenvalue weighted by atomic mass is 9.69. The second kappa shape index (κ2) is 6.12. The van der Waals surface area contributed by atoms with Crippen molar-refractivity contribution in [1.82, 2.24) is 0 Å². The number of halogens is 6. The SMILES string of the molecule is O=C(OC(CS(=O)(=O)O)(C(F)(F)F)C(F)(F)F)C1CC2CC1C1C2C2C=C[C@@H]1C2. The Labute approximate surface area is 162 Å². The molecule has 0 saturated heterocycles. The van der Waals surface area contributed by atoms with Gasteiger partial charge in [0.15, 0.2) is 0 Å². The van der Waals surface area contributed by atoms with E-state index >= 15 is 0 Å². The highest BCUT2D eigenvalue weighted by atomic mass is 32.2. The molecular weight excluding hydrogens is 430 g/mol. The molecular formula is C17H18F6O5S. The van der Waals surface area contributed by atoms with Gasteiger partial charge in [0.05, 0.1) is 5.92 Å². The summed E-state index contributed by atoms with van der Waals surface area (Å²) in [5, 5.41) is 0. The molecule has 4 rings (SSSR count). The van der Waals surface area contributed by atoms with E-state index in [0.717, 1.165) is 6.42 Å². The second-order valence-corrected chi connectivity index (χ2v) is 10.0. The molecule has 0 radical (unpaired) electrons. The summed E-state index contributed by atoms with van der Waals surface area (Å²) >= 11 is 0. The normalized spacial score (nSPS) is 38.5. The largest absolute Gasteiger partial charge is 0.438 e. The Balaban J connectivity index is 1.62. The third-order valence-corrected chi connectivity index (χ3v) is 7.92. The minimum Gasteiger partial charge on any atom is -0.438 e.